The van der Waals surface area contributed by atoms with Crippen molar-refractivity contribution in [3.8, 4) is 0 Å². The molecule has 1 amide bonds. The lowest BCUT2D eigenvalue weighted by atomic mass is 10.2. The predicted molar refractivity (Wildman–Crippen MR) is 77.8 cm³/mol. The van der Waals surface area contributed by atoms with Gasteiger partial charge in [-0.2, -0.15) is 0 Å². The molecule has 1 heterocycles. The number of rotatable bonds is 5. The van der Waals surface area contributed by atoms with Crippen LogP contribution in [0.25, 0.3) is 11.0 Å². The smallest absolute Gasteiger partial charge is 0.347 e. The lowest BCUT2D eigenvalue weighted by Crippen LogP contribution is -2.38. The summed E-state index contributed by atoms with van der Waals surface area (Å²) in [5.41, 5.74) is -0.107. The van der Waals surface area contributed by atoms with E-state index < -0.39 is 5.91 Å². The Bertz CT molecular complexity index is 729. The van der Waals surface area contributed by atoms with E-state index in [9.17, 15) is 14.9 Å². The second-order valence-corrected chi connectivity index (χ2v) is 4.52. The van der Waals surface area contributed by atoms with Gasteiger partial charge in [0.2, 0.25) is 0 Å². The van der Waals surface area contributed by atoms with Crippen molar-refractivity contribution in [2.75, 3.05) is 20.3 Å². The summed E-state index contributed by atoms with van der Waals surface area (Å²) in [5, 5.41) is 14.8. The Morgan fingerprint density at radius 3 is 2.86 bits per heavy atom. The molecule has 0 aliphatic heterocycles. The molecule has 112 valence electrons. The monoisotopic (exact) mass is 311 g/mol. The van der Waals surface area contributed by atoms with Gasteiger partial charge >= 0.3 is 11.6 Å². The number of para-hydroxylation sites is 2. The Balaban J connectivity index is 2.59. The van der Waals surface area contributed by atoms with Gasteiger partial charge in [0, 0.05) is 24.6 Å². The van der Waals surface area contributed by atoms with Crippen molar-refractivity contribution in [1.29, 1.82) is 0 Å². The molecule has 1 N–H and O–H groups in total. The van der Waals surface area contributed by atoms with Crippen LogP contribution in [-0.2, 0) is 10.6 Å². The molecule has 2 rings (SSSR count). The van der Waals surface area contributed by atoms with Crippen LogP contribution in [0.5, 0.6) is 0 Å². The molecule has 0 radical (unpaired) electrons. The largest absolute Gasteiger partial charge is 0.805 e. The summed E-state index contributed by atoms with van der Waals surface area (Å²) >= 11 is 5.74. The third kappa shape index (κ3) is 2.84. The fourth-order valence-electron chi connectivity index (χ4n) is 1.98. The van der Waals surface area contributed by atoms with E-state index in [0.29, 0.717) is 15.8 Å². The molecule has 21 heavy (non-hydrogen) atoms. The molecule has 7 nitrogen and oxygen atoms in total. The molecule has 0 unspecified atom stereocenters. The fraction of sp³-hybridized carbons (Fsp3) is 0.308. The number of amides is 1. The highest BCUT2D eigenvalue weighted by molar-refractivity contribution is 6.17. The average molecular weight is 312 g/mol. The zero-order valence-electron chi connectivity index (χ0n) is 11.3. The summed E-state index contributed by atoms with van der Waals surface area (Å²) in [7, 11) is 1.49. The maximum Gasteiger partial charge on any atom is 0.347 e. The van der Waals surface area contributed by atoms with E-state index in [4.69, 9.17) is 16.3 Å². The third-order valence-corrected chi connectivity index (χ3v) is 3.23. The first kappa shape index (κ1) is 15.3. The first-order chi connectivity index (χ1) is 10.1. The SMILES string of the molecule is COCCNC(=O)c1c(CCl)n([O-])c2ccccc2[n+]1=O. The Morgan fingerprint density at radius 2 is 2.19 bits per heavy atom. The van der Waals surface area contributed by atoms with Gasteiger partial charge in [-0.3, -0.25) is 4.79 Å². The molecule has 0 saturated heterocycles. The van der Waals surface area contributed by atoms with Gasteiger partial charge in [-0.1, -0.05) is 12.1 Å². The number of benzene rings is 1. The Labute approximate surface area is 125 Å². The van der Waals surface area contributed by atoms with Crippen LogP contribution in [0.15, 0.2) is 24.3 Å². The zero-order chi connectivity index (χ0) is 15.4. The molecule has 0 spiro atoms. The number of hydrogen-bond acceptors (Lipinski definition) is 4. The Kier molecular flexibility index (Phi) is 4.77. The van der Waals surface area contributed by atoms with Crippen LogP contribution >= 0.6 is 11.6 Å². The van der Waals surface area contributed by atoms with E-state index in [1.165, 1.54) is 19.2 Å². The molecule has 0 atom stereocenters. The van der Waals surface area contributed by atoms with Gasteiger partial charge in [0.1, 0.15) is 11.2 Å². The van der Waals surface area contributed by atoms with Crippen LogP contribution in [0.1, 0.15) is 16.2 Å². The van der Waals surface area contributed by atoms with Crippen molar-refractivity contribution >= 4 is 28.5 Å². The molecule has 0 saturated carbocycles. The molecular weight excluding hydrogens is 298 g/mol. The van der Waals surface area contributed by atoms with Crippen LogP contribution in [0.3, 0.4) is 0 Å². The number of nitrogens with one attached hydrogen (secondary N) is 1. The standard InChI is InChI=1S/C13H14ClN3O4/c1-21-7-6-15-13(18)12-11(8-14)16(19)9-4-2-3-5-10(9)17(12)20/h2-5H,6-8H2,1H3,(H,15,18). The summed E-state index contributed by atoms with van der Waals surface area (Å²) in [6.45, 7) is 0.522. The Hall–Kier alpha value is -2.12. The minimum Gasteiger partial charge on any atom is -0.805 e. The van der Waals surface area contributed by atoms with Crippen molar-refractivity contribution in [3.05, 3.63) is 45.8 Å². The molecular formula is C13H14ClN3O4. The number of ether oxygens (including phenoxy) is 1. The first-order valence-electron chi connectivity index (χ1n) is 6.21. The van der Waals surface area contributed by atoms with Crippen molar-refractivity contribution < 1.29 is 14.0 Å². The second-order valence-electron chi connectivity index (χ2n) is 4.26. The molecule has 0 aliphatic carbocycles. The minimum atomic E-state index is -0.659. The highest BCUT2D eigenvalue weighted by Crippen LogP contribution is 2.15. The number of hydrogen-bond donors (Lipinski definition) is 1. The van der Waals surface area contributed by atoms with Gasteiger partial charge in [-0.05, 0) is 6.07 Å². The maximum atomic E-state index is 12.3. The lowest BCUT2D eigenvalue weighted by molar-refractivity contribution is -0.468. The quantitative estimate of drug-likeness (QED) is 0.507. The Morgan fingerprint density at radius 1 is 1.48 bits per heavy atom. The maximum absolute atomic E-state index is 12.3. The molecule has 2 aromatic rings. The first-order valence-corrected chi connectivity index (χ1v) is 6.75. The summed E-state index contributed by atoms with van der Waals surface area (Å²) < 4.78 is 5.77. The topological polar surface area (TPSA) is 89.3 Å². The minimum absolute atomic E-state index is 0.0831. The number of nitrogens with zero attached hydrogens (tertiary/aromatic N) is 2. The van der Waals surface area contributed by atoms with Crippen LogP contribution in [-0.4, -0.2) is 30.9 Å². The number of alkyl halides is 1. The van der Waals surface area contributed by atoms with Crippen molar-refractivity contribution in [3.63, 3.8) is 0 Å². The molecule has 0 aliphatic rings. The number of carbonyl (C=O) groups is 1. The third-order valence-electron chi connectivity index (χ3n) is 2.97. The van der Waals surface area contributed by atoms with Crippen LogP contribution < -0.4 is 9.74 Å². The van der Waals surface area contributed by atoms with Gasteiger partial charge in [0.25, 0.3) is 5.52 Å². The molecule has 1 aromatic carbocycles. The zero-order valence-corrected chi connectivity index (χ0v) is 12.1. The predicted octanol–water partition coefficient (Wildman–Crippen LogP) is 1.02. The highest BCUT2D eigenvalue weighted by Gasteiger charge is 2.28. The summed E-state index contributed by atoms with van der Waals surface area (Å²) in [5.74, 6) is -0.906. The van der Waals surface area contributed by atoms with Gasteiger partial charge < -0.3 is 20.0 Å². The molecule has 1 aromatic heterocycles. The molecule has 0 fully saturated rings. The van der Waals surface area contributed by atoms with Gasteiger partial charge in [-0.25, -0.2) is 0 Å². The summed E-state index contributed by atoms with van der Waals surface area (Å²) in [4.78, 5) is 24.5. The van der Waals surface area contributed by atoms with Gasteiger partial charge in [-0.15, -0.1) is 11.6 Å². The number of carbonyl (C=O) groups excluding carboxylic acids is 1. The number of fused-ring (bicyclic) bond motifs is 1. The van der Waals surface area contributed by atoms with Crippen LogP contribution in [0.2, 0.25) is 0 Å². The summed E-state index contributed by atoms with van der Waals surface area (Å²) in [6, 6.07) is 6.22. The second kappa shape index (κ2) is 6.55. The van der Waals surface area contributed by atoms with E-state index in [1.54, 1.807) is 12.1 Å². The van der Waals surface area contributed by atoms with E-state index in [1.807, 2.05) is 0 Å². The van der Waals surface area contributed by atoms with E-state index in [-0.39, 0.29) is 34.8 Å². The van der Waals surface area contributed by atoms with E-state index in [0.717, 1.165) is 0 Å². The van der Waals surface area contributed by atoms with E-state index >= 15 is 0 Å². The number of methoxy groups -OCH3 is 1. The normalized spacial score (nSPS) is 10.8. The summed E-state index contributed by atoms with van der Waals surface area (Å²) in [6.07, 6.45) is 0. The van der Waals surface area contributed by atoms with Gasteiger partial charge in [0.15, 0.2) is 0 Å². The molecule has 0 bridgehead atoms. The van der Waals surface area contributed by atoms with Crippen LogP contribution in [0, 0.1) is 10.1 Å². The van der Waals surface area contributed by atoms with Crippen molar-refractivity contribution in [2.24, 2.45) is 0 Å². The van der Waals surface area contributed by atoms with E-state index in [2.05, 4.69) is 5.32 Å². The van der Waals surface area contributed by atoms with Crippen molar-refractivity contribution in [2.45, 2.75) is 5.88 Å². The average Bonchev–Trinajstić information content (AvgIpc) is 2.50. The highest BCUT2D eigenvalue weighted by atomic mass is 35.5. The lowest BCUT2D eigenvalue weighted by Gasteiger charge is -2.17. The number of aromatic nitrogens is 2. The van der Waals surface area contributed by atoms with Gasteiger partial charge in [0.05, 0.1) is 16.9 Å². The fourth-order valence-corrected chi connectivity index (χ4v) is 2.21. The number of halogens is 1. The van der Waals surface area contributed by atoms with Crippen LogP contribution in [0.4, 0.5) is 0 Å². The van der Waals surface area contributed by atoms with Crippen molar-refractivity contribution in [1.82, 2.24) is 10.0 Å². The molecule has 8 heteroatoms.